The molecular weight excluding hydrogens is 240 g/mol. The van der Waals surface area contributed by atoms with Crippen molar-refractivity contribution in [2.75, 3.05) is 13.1 Å². The monoisotopic (exact) mass is 266 g/mol. The van der Waals surface area contributed by atoms with Gasteiger partial charge in [-0.3, -0.25) is 4.99 Å². The zero-order chi connectivity index (χ0) is 14.1. The predicted molar refractivity (Wildman–Crippen MR) is 78.3 cm³/mol. The molecule has 0 unspecified atom stereocenters. The molecule has 6 heteroatoms. The molecule has 1 aromatic heterocycles. The highest BCUT2D eigenvalue weighted by Gasteiger charge is 2.03. The molecular formula is C13H26N6. The van der Waals surface area contributed by atoms with Crippen LogP contribution in [0, 0.1) is 0 Å². The third kappa shape index (κ3) is 5.72. The van der Waals surface area contributed by atoms with E-state index >= 15 is 0 Å². The highest BCUT2D eigenvalue weighted by Crippen LogP contribution is 1.94. The summed E-state index contributed by atoms with van der Waals surface area (Å²) < 4.78 is 2.07. The predicted octanol–water partition coefficient (Wildman–Crippen LogP) is 1.19. The number of rotatable bonds is 7. The summed E-state index contributed by atoms with van der Waals surface area (Å²) in [5.41, 5.74) is 0. The topological polar surface area (TPSA) is 67.1 Å². The first kappa shape index (κ1) is 15.5. The van der Waals surface area contributed by atoms with Gasteiger partial charge in [-0.25, -0.2) is 0 Å². The van der Waals surface area contributed by atoms with E-state index in [2.05, 4.69) is 58.1 Å². The molecule has 0 fully saturated rings. The fraction of sp³-hybridized carbons (Fsp3) is 0.769. The van der Waals surface area contributed by atoms with Gasteiger partial charge < -0.3 is 15.2 Å². The highest BCUT2D eigenvalue weighted by molar-refractivity contribution is 5.79. The van der Waals surface area contributed by atoms with E-state index in [0.717, 1.165) is 44.3 Å². The Hall–Kier alpha value is -1.59. The molecule has 19 heavy (non-hydrogen) atoms. The average molecular weight is 266 g/mol. The van der Waals surface area contributed by atoms with E-state index in [1.807, 2.05) is 0 Å². The molecule has 0 amide bonds. The van der Waals surface area contributed by atoms with E-state index in [1.165, 1.54) is 0 Å². The fourth-order valence-corrected chi connectivity index (χ4v) is 1.68. The van der Waals surface area contributed by atoms with Crippen molar-refractivity contribution in [3.8, 4) is 0 Å². The van der Waals surface area contributed by atoms with Crippen LogP contribution >= 0.6 is 0 Å². The molecule has 0 aromatic carbocycles. The maximum Gasteiger partial charge on any atom is 0.191 e. The van der Waals surface area contributed by atoms with Crippen molar-refractivity contribution in [3.63, 3.8) is 0 Å². The quantitative estimate of drug-likeness (QED) is 0.575. The van der Waals surface area contributed by atoms with Crippen molar-refractivity contribution in [3.05, 3.63) is 12.2 Å². The lowest BCUT2D eigenvalue weighted by atomic mass is 10.4. The Kier molecular flexibility index (Phi) is 6.92. The number of aliphatic imine (C=N–C) groups is 1. The minimum atomic E-state index is 0.379. The Morgan fingerprint density at radius 2 is 2.21 bits per heavy atom. The maximum absolute atomic E-state index is 4.50. The second-order valence-corrected chi connectivity index (χ2v) is 4.75. The van der Waals surface area contributed by atoms with Gasteiger partial charge in [0.2, 0.25) is 0 Å². The second-order valence-electron chi connectivity index (χ2n) is 4.75. The van der Waals surface area contributed by atoms with E-state index in [1.54, 1.807) is 6.33 Å². The van der Waals surface area contributed by atoms with Crippen molar-refractivity contribution in [1.29, 1.82) is 0 Å². The third-order valence-electron chi connectivity index (χ3n) is 2.58. The molecule has 108 valence electrons. The molecule has 0 saturated heterocycles. The van der Waals surface area contributed by atoms with Crippen molar-refractivity contribution < 1.29 is 0 Å². The average Bonchev–Trinajstić information content (AvgIpc) is 2.82. The van der Waals surface area contributed by atoms with Crippen LogP contribution in [0.2, 0.25) is 0 Å². The smallest absolute Gasteiger partial charge is 0.191 e. The van der Waals surface area contributed by atoms with Gasteiger partial charge in [0.1, 0.15) is 12.2 Å². The third-order valence-corrected chi connectivity index (χ3v) is 2.58. The van der Waals surface area contributed by atoms with Crippen molar-refractivity contribution in [2.24, 2.45) is 4.99 Å². The van der Waals surface area contributed by atoms with Gasteiger partial charge in [0.25, 0.3) is 0 Å². The van der Waals surface area contributed by atoms with E-state index in [4.69, 9.17) is 0 Å². The summed E-state index contributed by atoms with van der Waals surface area (Å²) in [7, 11) is 0. The number of nitrogens with zero attached hydrogens (tertiary/aromatic N) is 4. The van der Waals surface area contributed by atoms with Crippen LogP contribution in [-0.2, 0) is 13.0 Å². The summed E-state index contributed by atoms with van der Waals surface area (Å²) in [5.74, 6) is 1.90. The van der Waals surface area contributed by atoms with Gasteiger partial charge in [-0.05, 0) is 20.3 Å². The molecule has 0 radical (unpaired) electrons. The SMILES string of the molecule is CCCN=C(NCCn1cnnc1CC)NC(C)C. The minimum absolute atomic E-state index is 0.379. The first-order chi connectivity index (χ1) is 9.17. The molecule has 0 bridgehead atoms. The molecule has 1 aromatic rings. The first-order valence-corrected chi connectivity index (χ1v) is 7.08. The number of guanidine groups is 1. The van der Waals surface area contributed by atoms with Crippen LogP contribution in [0.5, 0.6) is 0 Å². The molecule has 1 rings (SSSR count). The highest BCUT2D eigenvalue weighted by atomic mass is 15.3. The summed E-state index contributed by atoms with van der Waals surface area (Å²) >= 11 is 0. The van der Waals surface area contributed by atoms with Gasteiger partial charge in [0, 0.05) is 32.1 Å². The number of nitrogens with one attached hydrogen (secondary N) is 2. The van der Waals surface area contributed by atoms with E-state index in [9.17, 15) is 0 Å². The number of hydrogen-bond donors (Lipinski definition) is 2. The van der Waals surface area contributed by atoms with Gasteiger partial charge in [-0.1, -0.05) is 13.8 Å². The second kappa shape index (κ2) is 8.50. The van der Waals surface area contributed by atoms with Gasteiger partial charge in [0.05, 0.1) is 0 Å². The Bertz CT molecular complexity index is 382. The number of aryl methyl sites for hydroxylation is 1. The largest absolute Gasteiger partial charge is 0.355 e. The standard InChI is InChI=1S/C13H26N6/c1-5-7-14-13(17-11(3)4)15-8-9-19-10-16-18-12(19)6-2/h10-11H,5-9H2,1-4H3,(H2,14,15,17). The van der Waals surface area contributed by atoms with Gasteiger partial charge in [0.15, 0.2) is 5.96 Å². The first-order valence-electron chi connectivity index (χ1n) is 7.08. The Morgan fingerprint density at radius 1 is 1.42 bits per heavy atom. The lowest BCUT2D eigenvalue weighted by Crippen LogP contribution is -2.42. The molecule has 0 aliphatic carbocycles. The summed E-state index contributed by atoms with van der Waals surface area (Å²) in [6.07, 6.45) is 3.73. The number of aromatic nitrogens is 3. The zero-order valence-corrected chi connectivity index (χ0v) is 12.5. The minimum Gasteiger partial charge on any atom is -0.355 e. The van der Waals surface area contributed by atoms with Crippen LogP contribution in [0.15, 0.2) is 11.3 Å². The van der Waals surface area contributed by atoms with Gasteiger partial charge in [-0.2, -0.15) is 0 Å². The molecule has 0 atom stereocenters. The molecule has 0 saturated carbocycles. The molecule has 0 aliphatic rings. The van der Waals surface area contributed by atoms with Crippen LogP contribution in [-0.4, -0.2) is 39.9 Å². The van der Waals surface area contributed by atoms with Crippen molar-refractivity contribution >= 4 is 5.96 Å². The number of hydrogen-bond acceptors (Lipinski definition) is 3. The molecule has 0 spiro atoms. The van der Waals surface area contributed by atoms with Gasteiger partial charge in [-0.15, -0.1) is 10.2 Å². The lowest BCUT2D eigenvalue weighted by molar-refractivity contribution is 0.621. The summed E-state index contributed by atoms with van der Waals surface area (Å²) in [6, 6.07) is 0.379. The molecule has 2 N–H and O–H groups in total. The summed E-state index contributed by atoms with van der Waals surface area (Å²) in [4.78, 5) is 4.50. The molecule has 1 heterocycles. The van der Waals surface area contributed by atoms with Crippen LogP contribution in [0.3, 0.4) is 0 Å². The Labute approximate surface area is 115 Å². The van der Waals surface area contributed by atoms with E-state index in [-0.39, 0.29) is 0 Å². The normalized spacial score (nSPS) is 11.9. The maximum atomic E-state index is 4.50. The van der Waals surface area contributed by atoms with Crippen molar-refractivity contribution in [2.45, 2.75) is 53.1 Å². The van der Waals surface area contributed by atoms with Crippen LogP contribution < -0.4 is 10.6 Å². The molecule has 0 aliphatic heterocycles. The van der Waals surface area contributed by atoms with Gasteiger partial charge >= 0.3 is 0 Å². The van der Waals surface area contributed by atoms with E-state index < -0.39 is 0 Å². The van der Waals surface area contributed by atoms with Crippen LogP contribution in [0.1, 0.15) is 39.9 Å². The van der Waals surface area contributed by atoms with E-state index in [0.29, 0.717) is 6.04 Å². The zero-order valence-electron chi connectivity index (χ0n) is 12.5. The van der Waals surface area contributed by atoms with Crippen LogP contribution in [0.4, 0.5) is 0 Å². The Balaban J connectivity index is 2.43. The van der Waals surface area contributed by atoms with Crippen molar-refractivity contribution in [1.82, 2.24) is 25.4 Å². The fourth-order valence-electron chi connectivity index (χ4n) is 1.68. The molecule has 6 nitrogen and oxygen atoms in total. The summed E-state index contributed by atoms with van der Waals surface area (Å²) in [5, 5.41) is 14.7. The van der Waals surface area contributed by atoms with Crippen LogP contribution in [0.25, 0.3) is 0 Å². The Morgan fingerprint density at radius 3 is 2.84 bits per heavy atom. The lowest BCUT2D eigenvalue weighted by Gasteiger charge is -2.15. The summed E-state index contributed by atoms with van der Waals surface area (Å²) in [6.45, 7) is 10.9.